The second-order valence-corrected chi connectivity index (χ2v) is 3.73. The van der Waals surface area contributed by atoms with Gasteiger partial charge in [0, 0.05) is 18.0 Å². The van der Waals surface area contributed by atoms with Gasteiger partial charge in [-0.15, -0.1) is 0 Å². The van der Waals surface area contributed by atoms with E-state index in [9.17, 15) is 0 Å². The number of rotatable bonds is 1. The third-order valence-electron chi connectivity index (χ3n) is 2.45. The van der Waals surface area contributed by atoms with Crippen molar-refractivity contribution in [3.05, 3.63) is 28.8 Å². The first-order valence-corrected chi connectivity index (χ1v) is 4.70. The summed E-state index contributed by atoms with van der Waals surface area (Å²) in [5, 5.41) is 0. The zero-order chi connectivity index (χ0) is 9.42. The number of nitrogens with two attached hydrogens (primary N) is 1. The third-order valence-corrected chi connectivity index (χ3v) is 2.45. The van der Waals surface area contributed by atoms with E-state index < -0.39 is 0 Å². The Morgan fingerprint density at radius 1 is 1.46 bits per heavy atom. The number of aryl methyl sites for hydroxylation is 1. The summed E-state index contributed by atoms with van der Waals surface area (Å²) in [6.07, 6.45) is 1.02. The highest BCUT2D eigenvalue weighted by molar-refractivity contribution is 5.47. The van der Waals surface area contributed by atoms with Crippen LogP contribution >= 0.6 is 0 Å². The van der Waals surface area contributed by atoms with Crippen molar-refractivity contribution in [1.82, 2.24) is 0 Å². The molecule has 70 valence electrons. The van der Waals surface area contributed by atoms with Crippen LogP contribution in [0.15, 0.2) is 12.1 Å². The van der Waals surface area contributed by atoms with Crippen LogP contribution < -0.4 is 10.5 Å². The lowest BCUT2D eigenvalue weighted by atomic mass is 10.0. The van der Waals surface area contributed by atoms with Gasteiger partial charge in [-0.05, 0) is 19.4 Å². The van der Waals surface area contributed by atoms with Crippen molar-refractivity contribution in [3.63, 3.8) is 0 Å². The summed E-state index contributed by atoms with van der Waals surface area (Å²) in [5.74, 6) is 1.03. The molecular formula is C11H15NO. The number of hydrogen-bond acceptors (Lipinski definition) is 2. The minimum absolute atomic E-state index is 0.0618. The van der Waals surface area contributed by atoms with Gasteiger partial charge in [0.05, 0.1) is 6.61 Å². The van der Waals surface area contributed by atoms with Crippen molar-refractivity contribution >= 4 is 0 Å². The maximum atomic E-state index is 5.88. The molecule has 13 heavy (non-hydrogen) atoms. The lowest BCUT2D eigenvalue weighted by Gasteiger charge is -2.12. The Bertz CT molecular complexity index is 331. The average molecular weight is 177 g/mol. The first-order chi connectivity index (χ1) is 6.18. The highest BCUT2D eigenvalue weighted by Crippen LogP contribution is 2.33. The zero-order valence-electron chi connectivity index (χ0n) is 8.13. The predicted octanol–water partition coefficient (Wildman–Crippen LogP) is 1.95. The standard InChI is InChI=1S/C11H15NO/c1-7-5-9-3-4-13-11(9)10(6-7)8(2)12/h5-6,8H,3-4,12H2,1-2H3/t8-/m0/s1. The maximum absolute atomic E-state index is 5.88. The van der Waals surface area contributed by atoms with Crippen LogP contribution in [0.2, 0.25) is 0 Å². The van der Waals surface area contributed by atoms with Crippen molar-refractivity contribution in [2.75, 3.05) is 6.61 Å². The molecule has 1 aliphatic rings. The van der Waals surface area contributed by atoms with Crippen molar-refractivity contribution in [2.24, 2.45) is 5.73 Å². The van der Waals surface area contributed by atoms with Crippen LogP contribution in [0, 0.1) is 6.92 Å². The van der Waals surface area contributed by atoms with Gasteiger partial charge in [0.1, 0.15) is 5.75 Å². The van der Waals surface area contributed by atoms with E-state index in [1.54, 1.807) is 0 Å². The van der Waals surface area contributed by atoms with Gasteiger partial charge >= 0.3 is 0 Å². The maximum Gasteiger partial charge on any atom is 0.127 e. The summed E-state index contributed by atoms with van der Waals surface area (Å²) in [5.41, 5.74) is 9.61. The third kappa shape index (κ3) is 1.42. The first-order valence-electron chi connectivity index (χ1n) is 4.70. The molecule has 0 spiro atoms. The van der Waals surface area contributed by atoms with Crippen molar-refractivity contribution in [2.45, 2.75) is 26.3 Å². The molecule has 0 radical (unpaired) electrons. The Morgan fingerprint density at radius 2 is 2.23 bits per heavy atom. The van der Waals surface area contributed by atoms with Crippen molar-refractivity contribution < 1.29 is 4.74 Å². The molecule has 2 N–H and O–H groups in total. The van der Waals surface area contributed by atoms with Gasteiger partial charge < -0.3 is 10.5 Å². The molecule has 1 atom stereocenters. The van der Waals surface area contributed by atoms with Gasteiger partial charge in [-0.1, -0.05) is 17.7 Å². The molecule has 0 saturated carbocycles. The Morgan fingerprint density at radius 3 is 2.92 bits per heavy atom. The van der Waals surface area contributed by atoms with Crippen LogP contribution in [-0.4, -0.2) is 6.61 Å². The fraction of sp³-hybridized carbons (Fsp3) is 0.455. The second-order valence-electron chi connectivity index (χ2n) is 3.73. The van der Waals surface area contributed by atoms with Gasteiger partial charge in [-0.2, -0.15) is 0 Å². The molecule has 0 fully saturated rings. The molecule has 2 rings (SSSR count). The molecule has 1 aromatic carbocycles. The monoisotopic (exact) mass is 177 g/mol. The summed E-state index contributed by atoms with van der Waals surface area (Å²) in [7, 11) is 0. The average Bonchev–Trinajstić information content (AvgIpc) is 2.49. The molecule has 1 aromatic rings. The van der Waals surface area contributed by atoms with E-state index in [0.29, 0.717) is 0 Å². The van der Waals surface area contributed by atoms with Gasteiger partial charge in [-0.25, -0.2) is 0 Å². The van der Waals surface area contributed by atoms with E-state index in [0.717, 1.165) is 24.3 Å². The van der Waals surface area contributed by atoms with Crippen LogP contribution in [0.25, 0.3) is 0 Å². The predicted molar refractivity (Wildman–Crippen MR) is 53.0 cm³/mol. The number of hydrogen-bond donors (Lipinski definition) is 1. The van der Waals surface area contributed by atoms with Crippen molar-refractivity contribution in [1.29, 1.82) is 0 Å². The summed E-state index contributed by atoms with van der Waals surface area (Å²) < 4.78 is 5.57. The fourth-order valence-electron chi connectivity index (χ4n) is 1.84. The minimum atomic E-state index is 0.0618. The van der Waals surface area contributed by atoms with E-state index in [-0.39, 0.29) is 6.04 Å². The van der Waals surface area contributed by atoms with E-state index in [2.05, 4.69) is 19.1 Å². The zero-order valence-corrected chi connectivity index (χ0v) is 8.13. The SMILES string of the molecule is Cc1cc2c(c([C@H](C)N)c1)OCC2. The van der Waals surface area contributed by atoms with Crippen LogP contribution in [0.5, 0.6) is 5.75 Å². The van der Waals surface area contributed by atoms with Crippen LogP contribution in [0.4, 0.5) is 0 Å². The number of benzene rings is 1. The lowest BCUT2D eigenvalue weighted by molar-refractivity contribution is 0.352. The van der Waals surface area contributed by atoms with Gasteiger partial charge in [-0.3, -0.25) is 0 Å². The first kappa shape index (κ1) is 8.57. The summed E-state index contributed by atoms with van der Waals surface area (Å²) in [4.78, 5) is 0. The molecule has 0 unspecified atom stereocenters. The molecule has 1 heterocycles. The quantitative estimate of drug-likeness (QED) is 0.711. The van der Waals surface area contributed by atoms with E-state index in [1.807, 2.05) is 6.92 Å². The minimum Gasteiger partial charge on any atom is -0.493 e. The Labute approximate surface area is 78.7 Å². The van der Waals surface area contributed by atoms with Crippen molar-refractivity contribution in [3.8, 4) is 5.75 Å². The smallest absolute Gasteiger partial charge is 0.127 e. The Balaban J connectivity index is 2.55. The van der Waals surface area contributed by atoms with Crippen LogP contribution in [-0.2, 0) is 6.42 Å². The summed E-state index contributed by atoms with van der Waals surface area (Å²) >= 11 is 0. The highest BCUT2D eigenvalue weighted by Gasteiger charge is 2.18. The molecular weight excluding hydrogens is 162 g/mol. The van der Waals surface area contributed by atoms with Gasteiger partial charge in [0.2, 0.25) is 0 Å². The van der Waals surface area contributed by atoms with Gasteiger partial charge in [0.25, 0.3) is 0 Å². The molecule has 2 nitrogen and oxygen atoms in total. The van der Waals surface area contributed by atoms with Gasteiger partial charge in [0.15, 0.2) is 0 Å². The second kappa shape index (κ2) is 3.04. The molecule has 0 bridgehead atoms. The molecule has 0 saturated heterocycles. The molecule has 0 aliphatic carbocycles. The van der Waals surface area contributed by atoms with E-state index in [4.69, 9.17) is 10.5 Å². The molecule has 0 amide bonds. The Hall–Kier alpha value is -1.02. The molecule has 1 aliphatic heterocycles. The topological polar surface area (TPSA) is 35.2 Å². The number of fused-ring (bicyclic) bond motifs is 1. The highest BCUT2D eigenvalue weighted by atomic mass is 16.5. The summed E-state index contributed by atoms with van der Waals surface area (Å²) in [6, 6.07) is 4.37. The van der Waals surface area contributed by atoms with E-state index in [1.165, 1.54) is 11.1 Å². The molecule has 0 aromatic heterocycles. The Kier molecular flexibility index (Phi) is 2.00. The molecule has 2 heteroatoms. The normalized spacial score (nSPS) is 16.5. The van der Waals surface area contributed by atoms with E-state index >= 15 is 0 Å². The lowest BCUT2D eigenvalue weighted by Crippen LogP contribution is -2.07. The summed E-state index contributed by atoms with van der Waals surface area (Å²) in [6.45, 7) is 4.90. The van der Waals surface area contributed by atoms with Crippen LogP contribution in [0.3, 0.4) is 0 Å². The largest absolute Gasteiger partial charge is 0.493 e. The van der Waals surface area contributed by atoms with Crippen LogP contribution in [0.1, 0.15) is 29.7 Å². The number of ether oxygens (including phenoxy) is 1. The fourth-order valence-corrected chi connectivity index (χ4v) is 1.84.